The Morgan fingerprint density at radius 3 is 2.28 bits per heavy atom. The van der Waals surface area contributed by atoms with E-state index in [1.165, 1.54) is 6.92 Å². The number of aryl methyl sites for hydroxylation is 1. The van der Waals surface area contributed by atoms with Crippen molar-refractivity contribution < 1.29 is 9.59 Å². The average Bonchev–Trinajstić information content (AvgIpc) is 2.57. The molecular formula is C20H33N3O2. The molecule has 2 amide bonds. The standard InChI is InChI=1S/C20H33N3O2/c1-6-9-10-13-23(17(5)24)15-20(25)21-19-12-11-18(14-16(19)4)22(7-2)8-3/h11-12,14H,6-10,13,15H2,1-5H3,(H,21,25). The normalized spacial score (nSPS) is 10.4. The van der Waals surface area contributed by atoms with E-state index in [9.17, 15) is 9.59 Å². The fraction of sp³-hybridized carbons (Fsp3) is 0.600. The largest absolute Gasteiger partial charge is 0.372 e. The molecule has 0 atom stereocenters. The van der Waals surface area contributed by atoms with E-state index < -0.39 is 0 Å². The lowest BCUT2D eigenvalue weighted by atomic mass is 10.1. The van der Waals surface area contributed by atoms with Gasteiger partial charge in [0.15, 0.2) is 0 Å². The van der Waals surface area contributed by atoms with Crippen molar-refractivity contribution in [3.63, 3.8) is 0 Å². The monoisotopic (exact) mass is 347 g/mol. The molecule has 0 aliphatic heterocycles. The summed E-state index contributed by atoms with van der Waals surface area (Å²) in [6, 6.07) is 6.06. The maximum Gasteiger partial charge on any atom is 0.244 e. The maximum atomic E-state index is 12.3. The van der Waals surface area contributed by atoms with Gasteiger partial charge in [0.05, 0.1) is 6.54 Å². The summed E-state index contributed by atoms with van der Waals surface area (Å²) < 4.78 is 0. The van der Waals surface area contributed by atoms with Crippen molar-refractivity contribution in [2.24, 2.45) is 0 Å². The number of carbonyl (C=O) groups excluding carboxylic acids is 2. The van der Waals surface area contributed by atoms with Gasteiger partial charge in [-0.3, -0.25) is 9.59 Å². The highest BCUT2D eigenvalue weighted by atomic mass is 16.2. The number of anilines is 2. The highest BCUT2D eigenvalue weighted by molar-refractivity contribution is 5.95. The highest BCUT2D eigenvalue weighted by Gasteiger charge is 2.14. The SMILES string of the molecule is CCCCCN(CC(=O)Nc1ccc(N(CC)CC)cc1C)C(C)=O. The van der Waals surface area contributed by atoms with Crippen LogP contribution in [0.25, 0.3) is 0 Å². The van der Waals surface area contributed by atoms with E-state index >= 15 is 0 Å². The third-order valence-corrected chi connectivity index (χ3v) is 4.42. The maximum absolute atomic E-state index is 12.3. The molecule has 0 bridgehead atoms. The first kappa shape index (κ1) is 21.0. The van der Waals surface area contributed by atoms with Crippen LogP contribution in [-0.2, 0) is 9.59 Å². The van der Waals surface area contributed by atoms with E-state index in [0.717, 1.165) is 49.3 Å². The number of carbonyl (C=O) groups is 2. The molecule has 0 fully saturated rings. The van der Waals surface area contributed by atoms with Gasteiger partial charge >= 0.3 is 0 Å². The molecule has 0 heterocycles. The van der Waals surface area contributed by atoms with Crippen molar-refractivity contribution in [1.29, 1.82) is 0 Å². The number of hydrogen-bond donors (Lipinski definition) is 1. The zero-order valence-electron chi connectivity index (χ0n) is 16.4. The summed E-state index contributed by atoms with van der Waals surface area (Å²) in [6.45, 7) is 12.5. The summed E-state index contributed by atoms with van der Waals surface area (Å²) >= 11 is 0. The molecule has 0 aromatic heterocycles. The van der Waals surface area contributed by atoms with Gasteiger partial charge in [-0.1, -0.05) is 19.8 Å². The van der Waals surface area contributed by atoms with Crippen LogP contribution in [0.15, 0.2) is 18.2 Å². The van der Waals surface area contributed by atoms with Crippen molar-refractivity contribution in [3.05, 3.63) is 23.8 Å². The van der Waals surface area contributed by atoms with Crippen molar-refractivity contribution >= 4 is 23.2 Å². The second-order valence-corrected chi connectivity index (χ2v) is 6.37. The first-order chi connectivity index (χ1) is 11.9. The molecule has 1 N–H and O–H groups in total. The van der Waals surface area contributed by atoms with Crippen molar-refractivity contribution in [1.82, 2.24) is 4.90 Å². The summed E-state index contributed by atoms with van der Waals surface area (Å²) in [5.41, 5.74) is 2.99. The van der Waals surface area contributed by atoms with Gasteiger partial charge in [-0.15, -0.1) is 0 Å². The number of amides is 2. The number of benzene rings is 1. The first-order valence-electron chi connectivity index (χ1n) is 9.33. The Morgan fingerprint density at radius 1 is 1.08 bits per heavy atom. The molecule has 25 heavy (non-hydrogen) atoms. The fourth-order valence-electron chi connectivity index (χ4n) is 2.84. The second kappa shape index (κ2) is 10.7. The van der Waals surface area contributed by atoms with Gasteiger partial charge in [-0.05, 0) is 51.0 Å². The highest BCUT2D eigenvalue weighted by Crippen LogP contribution is 2.22. The summed E-state index contributed by atoms with van der Waals surface area (Å²) in [5.74, 6) is -0.203. The number of rotatable bonds is 10. The molecule has 0 aliphatic carbocycles. The van der Waals surface area contributed by atoms with Gasteiger partial charge in [0.1, 0.15) is 0 Å². The van der Waals surface area contributed by atoms with Gasteiger partial charge in [-0.25, -0.2) is 0 Å². The van der Waals surface area contributed by atoms with E-state index in [-0.39, 0.29) is 18.4 Å². The molecule has 140 valence electrons. The number of nitrogens with zero attached hydrogens (tertiary/aromatic N) is 2. The summed E-state index contributed by atoms with van der Waals surface area (Å²) in [6.07, 6.45) is 3.09. The van der Waals surface area contributed by atoms with Crippen molar-refractivity contribution in [3.8, 4) is 0 Å². The molecule has 1 rings (SSSR count). The van der Waals surface area contributed by atoms with Gasteiger partial charge in [0.25, 0.3) is 0 Å². The van der Waals surface area contributed by atoms with Gasteiger partial charge in [0, 0.05) is 37.9 Å². The zero-order valence-corrected chi connectivity index (χ0v) is 16.4. The zero-order chi connectivity index (χ0) is 18.8. The van der Waals surface area contributed by atoms with Crippen LogP contribution >= 0.6 is 0 Å². The Morgan fingerprint density at radius 2 is 1.76 bits per heavy atom. The predicted molar refractivity (Wildman–Crippen MR) is 105 cm³/mol. The minimum Gasteiger partial charge on any atom is -0.372 e. The smallest absolute Gasteiger partial charge is 0.244 e. The molecule has 0 unspecified atom stereocenters. The van der Waals surface area contributed by atoms with Crippen LogP contribution in [0.2, 0.25) is 0 Å². The van der Waals surface area contributed by atoms with Gasteiger partial charge in [0.2, 0.25) is 11.8 Å². The molecule has 5 nitrogen and oxygen atoms in total. The number of nitrogens with one attached hydrogen (secondary N) is 1. The van der Waals surface area contributed by atoms with Crippen LogP contribution in [0, 0.1) is 6.92 Å². The van der Waals surface area contributed by atoms with Crippen LogP contribution < -0.4 is 10.2 Å². The van der Waals surface area contributed by atoms with E-state index in [1.807, 2.05) is 19.1 Å². The van der Waals surface area contributed by atoms with Crippen LogP contribution in [0.1, 0.15) is 52.5 Å². The van der Waals surface area contributed by atoms with Crippen LogP contribution in [0.5, 0.6) is 0 Å². The van der Waals surface area contributed by atoms with E-state index in [0.29, 0.717) is 6.54 Å². The first-order valence-corrected chi connectivity index (χ1v) is 9.33. The Balaban J connectivity index is 2.70. The molecule has 0 aliphatic rings. The summed E-state index contributed by atoms with van der Waals surface area (Å²) in [5, 5.41) is 2.94. The van der Waals surface area contributed by atoms with Crippen LogP contribution in [0.3, 0.4) is 0 Å². The average molecular weight is 348 g/mol. The molecule has 1 aromatic rings. The van der Waals surface area contributed by atoms with E-state index in [1.54, 1.807) is 4.90 Å². The molecule has 5 heteroatoms. The molecule has 0 radical (unpaired) electrons. The topological polar surface area (TPSA) is 52.7 Å². The lowest BCUT2D eigenvalue weighted by Gasteiger charge is -2.23. The minimum absolute atomic E-state index is 0.0557. The van der Waals surface area contributed by atoms with Crippen molar-refractivity contribution in [2.75, 3.05) is 36.4 Å². The Bertz CT molecular complexity index is 568. The molecular weight excluding hydrogens is 314 g/mol. The third kappa shape index (κ3) is 6.77. The molecule has 0 spiro atoms. The van der Waals surface area contributed by atoms with E-state index in [2.05, 4.69) is 37.1 Å². The Hall–Kier alpha value is -2.04. The summed E-state index contributed by atoms with van der Waals surface area (Å²) in [4.78, 5) is 27.9. The second-order valence-electron chi connectivity index (χ2n) is 6.37. The third-order valence-electron chi connectivity index (χ3n) is 4.42. The minimum atomic E-state index is -0.148. The van der Waals surface area contributed by atoms with E-state index in [4.69, 9.17) is 0 Å². The molecule has 0 saturated heterocycles. The van der Waals surface area contributed by atoms with Crippen molar-refractivity contribution in [2.45, 2.75) is 53.9 Å². The Kier molecular flexibility index (Phi) is 9.03. The predicted octanol–water partition coefficient (Wildman–Crippen LogP) is 3.82. The van der Waals surface area contributed by atoms with Gasteiger partial charge in [-0.2, -0.15) is 0 Å². The number of hydrogen-bond acceptors (Lipinski definition) is 3. The van der Waals surface area contributed by atoms with Gasteiger partial charge < -0.3 is 15.1 Å². The van der Waals surface area contributed by atoms with Crippen LogP contribution in [-0.4, -0.2) is 42.9 Å². The fourth-order valence-corrected chi connectivity index (χ4v) is 2.84. The molecule has 0 saturated carbocycles. The van der Waals surface area contributed by atoms with Crippen LogP contribution in [0.4, 0.5) is 11.4 Å². The Labute approximate surface area is 152 Å². The summed E-state index contributed by atoms with van der Waals surface area (Å²) in [7, 11) is 0. The lowest BCUT2D eigenvalue weighted by Crippen LogP contribution is -2.37. The lowest BCUT2D eigenvalue weighted by molar-refractivity contribution is -0.132. The quantitative estimate of drug-likeness (QED) is 0.655. The molecule has 1 aromatic carbocycles. The number of unbranched alkanes of at least 4 members (excludes halogenated alkanes) is 2.